The Morgan fingerprint density at radius 1 is 0.571 bits per heavy atom. The number of unbranched alkanes of at least 4 members (excludes halogenated alkanes) is 13. The average molecular weight is 397 g/mol. The van der Waals surface area contributed by atoms with Gasteiger partial charge in [0.15, 0.2) is 0 Å². The Balaban J connectivity index is 3.20. The van der Waals surface area contributed by atoms with Gasteiger partial charge in [-0.3, -0.25) is 4.79 Å². The number of carboxylic acid groups (broad SMARTS) is 1. The molecule has 168 valence electrons. The lowest BCUT2D eigenvalue weighted by Gasteiger charge is -2.11. The summed E-state index contributed by atoms with van der Waals surface area (Å²) in [7, 11) is 0. The molecular weight excluding hydrogens is 344 g/mol. The van der Waals surface area contributed by atoms with Crippen LogP contribution < -0.4 is 0 Å². The fraction of sp³-hybridized carbons (Fsp3) is 0.962. The third-order valence-electron chi connectivity index (χ3n) is 6.30. The van der Waals surface area contributed by atoms with E-state index in [0.29, 0.717) is 12.3 Å². The Morgan fingerprint density at radius 2 is 0.893 bits per heavy atom. The van der Waals surface area contributed by atoms with E-state index in [1.807, 2.05) is 0 Å². The molecule has 2 atom stereocenters. The van der Waals surface area contributed by atoms with Crippen molar-refractivity contribution in [2.75, 3.05) is 0 Å². The van der Waals surface area contributed by atoms with Gasteiger partial charge in [0.2, 0.25) is 0 Å². The minimum Gasteiger partial charge on any atom is -0.481 e. The van der Waals surface area contributed by atoms with Crippen LogP contribution in [-0.2, 0) is 4.79 Å². The van der Waals surface area contributed by atoms with E-state index in [-0.39, 0.29) is 0 Å². The second kappa shape index (κ2) is 21.2. The van der Waals surface area contributed by atoms with Crippen molar-refractivity contribution in [3.05, 3.63) is 0 Å². The quantitative estimate of drug-likeness (QED) is 0.185. The van der Waals surface area contributed by atoms with Gasteiger partial charge in [-0.1, -0.05) is 136 Å². The largest absolute Gasteiger partial charge is 0.481 e. The predicted molar refractivity (Wildman–Crippen MR) is 124 cm³/mol. The van der Waals surface area contributed by atoms with Gasteiger partial charge in [0.25, 0.3) is 0 Å². The van der Waals surface area contributed by atoms with Gasteiger partial charge in [-0.15, -0.1) is 0 Å². The minimum absolute atomic E-state index is 0.332. The van der Waals surface area contributed by atoms with E-state index in [1.165, 1.54) is 116 Å². The van der Waals surface area contributed by atoms with E-state index in [2.05, 4.69) is 20.8 Å². The summed E-state index contributed by atoms with van der Waals surface area (Å²) < 4.78 is 0. The molecule has 0 saturated carbocycles. The van der Waals surface area contributed by atoms with Gasteiger partial charge in [-0.2, -0.15) is 0 Å². The number of hydrogen-bond acceptors (Lipinski definition) is 1. The Morgan fingerprint density at radius 3 is 1.25 bits per heavy atom. The van der Waals surface area contributed by atoms with Crippen molar-refractivity contribution in [2.45, 2.75) is 149 Å². The van der Waals surface area contributed by atoms with Crippen molar-refractivity contribution in [3.8, 4) is 0 Å². The number of rotatable bonds is 22. The van der Waals surface area contributed by atoms with Crippen LogP contribution in [0.5, 0.6) is 0 Å². The molecular formula is C26H52O2. The maximum atomic E-state index is 10.6. The fourth-order valence-electron chi connectivity index (χ4n) is 4.15. The van der Waals surface area contributed by atoms with Crippen LogP contribution in [0, 0.1) is 11.8 Å². The average Bonchev–Trinajstić information content (AvgIpc) is 2.67. The zero-order valence-electron chi connectivity index (χ0n) is 19.7. The zero-order valence-corrected chi connectivity index (χ0v) is 19.7. The lowest BCUT2D eigenvalue weighted by atomic mass is 9.95. The standard InChI is InChI=1S/C26H52O2/c1-4-5-6-13-16-19-24(2)20-17-14-11-9-7-8-10-12-15-18-21-25(3)22-23-26(27)28/h24-25H,4-23H2,1-3H3,(H,27,28). The summed E-state index contributed by atoms with van der Waals surface area (Å²) in [5.74, 6) is 0.854. The van der Waals surface area contributed by atoms with E-state index in [9.17, 15) is 4.79 Å². The van der Waals surface area contributed by atoms with E-state index < -0.39 is 5.97 Å². The molecule has 0 saturated heterocycles. The van der Waals surface area contributed by atoms with Crippen LogP contribution in [0.4, 0.5) is 0 Å². The lowest BCUT2D eigenvalue weighted by Crippen LogP contribution is -2.01. The topological polar surface area (TPSA) is 37.3 Å². The summed E-state index contributed by atoms with van der Waals surface area (Å²) in [5.41, 5.74) is 0. The highest BCUT2D eigenvalue weighted by atomic mass is 16.4. The van der Waals surface area contributed by atoms with E-state index >= 15 is 0 Å². The van der Waals surface area contributed by atoms with Gasteiger partial charge >= 0.3 is 5.97 Å². The molecule has 0 aromatic rings. The first kappa shape index (κ1) is 27.5. The van der Waals surface area contributed by atoms with Gasteiger partial charge in [-0.05, 0) is 18.3 Å². The van der Waals surface area contributed by atoms with Crippen LogP contribution >= 0.6 is 0 Å². The zero-order chi connectivity index (χ0) is 20.9. The van der Waals surface area contributed by atoms with Crippen molar-refractivity contribution in [1.82, 2.24) is 0 Å². The molecule has 0 radical (unpaired) electrons. The number of carbonyl (C=O) groups is 1. The molecule has 0 aliphatic carbocycles. The van der Waals surface area contributed by atoms with Gasteiger partial charge in [0, 0.05) is 6.42 Å². The molecule has 0 aliphatic rings. The molecule has 0 fully saturated rings. The van der Waals surface area contributed by atoms with Crippen molar-refractivity contribution < 1.29 is 9.90 Å². The number of carboxylic acids is 1. The molecule has 0 amide bonds. The summed E-state index contributed by atoms with van der Waals surface area (Å²) in [4.78, 5) is 10.6. The molecule has 2 heteroatoms. The Hall–Kier alpha value is -0.530. The molecule has 0 heterocycles. The molecule has 0 aliphatic heterocycles. The summed E-state index contributed by atoms with van der Waals surface area (Å²) in [5, 5.41) is 8.70. The molecule has 0 aromatic carbocycles. The van der Waals surface area contributed by atoms with Crippen LogP contribution in [0.1, 0.15) is 149 Å². The predicted octanol–water partition coefficient (Wildman–Crippen LogP) is 9.17. The van der Waals surface area contributed by atoms with Gasteiger partial charge in [0.1, 0.15) is 0 Å². The highest BCUT2D eigenvalue weighted by molar-refractivity contribution is 5.66. The first-order valence-corrected chi connectivity index (χ1v) is 12.8. The summed E-state index contributed by atoms with van der Waals surface area (Å²) in [6.07, 6.45) is 26.3. The maximum Gasteiger partial charge on any atom is 0.303 e. The second-order valence-electron chi connectivity index (χ2n) is 9.46. The van der Waals surface area contributed by atoms with Gasteiger partial charge in [-0.25, -0.2) is 0 Å². The van der Waals surface area contributed by atoms with Gasteiger partial charge < -0.3 is 5.11 Å². The molecule has 1 N–H and O–H groups in total. The highest BCUT2D eigenvalue weighted by Crippen LogP contribution is 2.19. The van der Waals surface area contributed by atoms with Crippen LogP contribution in [-0.4, -0.2) is 11.1 Å². The SMILES string of the molecule is CCCCCCCC(C)CCCCCCCCCCCCC(C)CCC(=O)O. The lowest BCUT2D eigenvalue weighted by molar-refractivity contribution is -0.137. The third-order valence-corrected chi connectivity index (χ3v) is 6.30. The van der Waals surface area contributed by atoms with Crippen LogP contribution in [0.15, 0.2) is 0 Å². The molecule has 0 spiro atoms. The third kappa shape index (κ3) is 21.8. The van der Waals surface area contributed by atoms with Crippen molar-refractivity contribution in [2.24, 2.45) is 11.8 Å². The molecule has 28 heavy (non-hydrogen) atoms. The molecule has 0 rings (SSSR count). The first-order chi connectivity index (χ1) is 13.6. The van der Waals surface area contributed by atoms with Crippen LogP contribution in [0.3, 0.4) is 0 Å². The molecule has 2 unspecified atom stereocenters. The van der Waals surface area contributed by atoms with E-state index in [0.717, 1.165) is 12.3 Å². The smallest absolute Gasteiger partial charge is 0.303 e. The summed E-state index contributed by atoms with van der Waals surface area (Å²) >= 11 is 0. The highest BCUT2D eigenvalue weighted by Gasteiger charge is 2.05. The maximum absolute atomic E-state index is 10.6. The molecule has 0 bridgehead atoms. The van der Waals surface area contributed by atoms with Crippen molar-refractivity contribution in [3.63, 3.8) is 0 Å². The Bertz CT molecular complexity index is 326. The Kier molecular flexibility index (Phi) is 20.8. The van der Waals surface area contributed by atoms with Gasteiger partial charge in [0.05, 0.1) is 0 Å². The normalized spacial score (nSPS) is 13.5. The number of aliphatic carboxylic acids is 1. The monoisotopic (exact) mass is 396 g/mol. The minimum atomic E-state index is -0.654. The summed E-state index contributed by atoms with van der Waals surface area (Å²) in [6.45, 7) is 6.93. The van der Waals surface area contributed by atoms with Crippen LogP contribution in [0.25, 0.3) is 0 Å². The molecule has 0 aromatic heterocycles. The number of hydrogen-bond donors (Lipinski definition) is 1. The second-order valence-corrected chi connectivity index (χ2v) is 9.46. The fourth-order valence-corrected chi connectivity index (χ4v) is 4.15. The van der Waals surface area contributed by atoms with Crippen molar-refractivity contribution >= 4 is 5.97 Å². The van der Waals surface area contributed by atoms with E-state index in [4.69, 9.17) is 5.11 Å². The molecule has 2 nitrogen and oxygen atoms in total. The first-order valence-electron chi connectivity index (χ1n) is 12.8. The Labute approximate surface area is 177 Å². The summed E-state index contributed by atoms with van der Waals surface area (Å²) in [6, 6.07) is 0. The van der Waals surface area contributed by atoms with E-state index in [1.54, 1.807) is 0 Å². The van der Waals surface area contributed by atoms with Crippen molar-refractivity contribution in [1.29, 1.82) is 0 Å². The van der Waals surface area contributed by atoms with Crippen LogP contribution in [0.2, 0.25) is 0 Å².